The van der Waals surface area contributed by atoms with Crippen LogP contribution in [0.25, 0.3) is 5.78 Å². The molecule has 9 nitrogen and oxygen atoms in total. The topological polar surface area (TPSA) is 98.9 Å². The minimum atomic E-state index is -0.793. The molecule has 1 fully saturated rings. The first-order valence-electron chi connectivity index (χ1n) is 8.69. The summed E-state index contributed by atoms with van der Waals surface area (Å²) >= 11 is 0. The highest BCUT2D eigenvalue weighted by Crippen LogP contribution is 2.15. The maximum Gasteiger partial charge on any atom is 0.306 e. The van der Waals surface area contributed by atoms with Crippen LogP contribution >= 0.6 is 0 Å². The van der Waals surface area contributed by atoms with E-state index in [1.54, 1.807) is 16.3 Å². The van der Waals surface area contributed by atoms with Gasteiger partial charge >= 0.3 is 5.97 Å². The monoisotopic (exact) mass is 361 g/mol. The molecular weight excluding hydrogens is 338 g/mol. The summed E-state index contributed by atoms with van der Waals surface area (Å²) in [4.78, 5) is 34.6. The summed E-state index contributed by atoms with van der Waals surface area (Å²) in [6.45, 7) is 7.50. The zero-order chi connectivity index (χ0) is 18.7. The predicted octanol–water partition coefficient (Wildman–Crippen LogP) is 0.464. The van der Waals surface area contributed by atoms with Crippen LogP contribution in [0.4, 0.5) is 0 Å². The van der Waals surface area contributed by atoms with E-state index in [0.717, 1.165) is 17.0 Å². The first-order valence-corrected chi connectivity index (χ1v) is 8.69. The molecule has 3 heterocycles. The standard InChI is InChI=1S/C17H23N5O4/c1-11-14(12(2)22-17(20-11)18-10-19-22)4-5-15(23)26-13(3)16(24)21-6-8-25-9-7-21/h10,13H,4-9H2,1-3H3. The van der Waals surface area contributed by atoms with E-state index < -0.39 is 12.1 Å². The first kappa shape index (κ1) is 18.2. The van der Waals surface area contributed by atoms with E-state index in [0.29, 0.717) is 38.5 Å². The average Bonchev–Trinajstić information content (AvgIpc) is 3.10. The molecule has 1 amide bonds. The molecule has 0 saturated carbocycles. The molecule has 1 unspecified atom stereocenters. The van der Waals surface area contributed by atoms with Gasteiger partial charge in [0.1, 0.15) is 6.33 Å². The smallest absolute Gasteiger partial charge is 0.306 e. The largest absolute Gasteiger partial charge is 0.453 e. The molecule has 0 aromatic carbocycles. The number of carbonyl (C=O) groups excluding carboxylic acids is 2. The molecule has 1 atom stereocenters. The van der Waals surface area contributed by atoms with E-state index in [1.165, 1.54) is 6.33 Å². The molecule has 140 valence electrons. The van der Waals surface area contributed by atoms with Gasteiger partial charge in [-0.2, -0.15) is 10.1 Å². The molecule has 0 bridgehead atoms. The van der Waals surface area contributed by atoms with Crippen molar-refractivity contribution in [3.63, 3.8) is 0 Å². The lowest BCUT2D eigenvalue weighted by Gasteiger charge is -2.29. The molecule has 1 aliphatic rings. The third-order valence-electron chi connectivity index (χ3n) is 4.55. The van der Waals surface area contributed by atoms with E-state index in [9.17, 15) is 9.59 Å². The minimum Gasteiger partial charge on any atom is -0.453 e. The zero-order valence-electron chi connectivity index (χ0n) is 15.3. The van der Waals surface area contributed by atoms with Gasteiger partial charge in [-0.25, -0.2) is 9.50 Å². The summed E-state index contributed by atoms with van der Waals surface area (Å²) in [6.07, 6.45) is 1.30. The summed E-state index contributed by atoms with van der Waals surface area (Å²) < 4.78 is 12.2. The van der Waals surface area contributed by atoms with Gasteiger partial charge in [-0.1, -0.05) is 0 Å². The average molecular weight is 361 g/mol. The van der Waals surface area contributed by atoms with Gasteiger partial charge in [0, 0.05) is 30.9 Å². The van der Waals surface area contributed by atoms with Crippen molar-refractivity contribution in [3.05, 3.63) is 23.3 Å². The molecule has 0 spiro atoms. The van der Waals surface area contributed by atoms with E-state index in [-0.39, 0.29) is 12.3 Å². The van der Waals surface area contributed by atoms with Crippen molar-refractivity contribution in [2.75, 3.05) is 26.3 Å². The van der Waals surface area contributed by atoms with Crippen LogP contribution in [0.2, 0.25) is 0 Å². The van der Waals surface area contributed by atoms with Gasteiger partial charge in [-0.05, 0) is 32.8 Å². The van der Waals surface area contributed by atoms with Gasteiger partial charge in [-0.15, -0.1) is 0 Å². The fraction of sp³-hybridized carbons (Fsp3) is 0.588. The molecule has 26 heavy (non-hydrogen) atoms. The minimum absolute atomic E-state index is 0.171. The second kappa shape index (κ2) is 7.77. The normalized spacial score (nSPS) is 15.9. The number of hydrogen-bond donors (Lipinski definition) is 0. The molecule has 0 radical (unpaired) electrons. The lowest BCUT2D eigenvalue weighted by atomic mass is 10.1. The summed E-state index contributed by atoms with van der Waals surface area (Å²) in [5, 5.41) is 4.14. The number of rotatable bonds is 5. The number of aryl methyl sites for hydroxylation is 2. The van der Waals surface area contributed by atoms with Gasteiger partial charge in [0.25, 0.3) is 11.7 Å². The van der Waals surface area contributed by atoms with Crippen LogP contribution in [0.3, 0.4) is 0 Å². The van der Waals surface area contributed by atoms with Gasteiger partial charge < -0.3 is 14.4 Å². The SMILES string of the molecule is Cc1nc2ncnn2c(C)c1CCC(=O)OC(C)C(=O)N1CCOCC1. The van der Waals surface area contributed by atoms with Crippen molar-refractivity contribution in [1.82, 2.24) is 24.5 Å². The van der Waals surface area contributed by atoms with Crippen LogP contribution in [0.1, 0.15) is 30.3 Å². The third-order valence-corrected chi connectivity index (χ3v) is 4.55. The van der Waals surface area contributed by atoms with Crippen molar-refractivity contribution in [2.24, 2.45) is 0 Å². The Kier molecular flexibility index (Phi) is 5.46. The van der Waals surface area contributed by atoms with Crippen molar-refractivity contribution >= 4 is 17.7 Å². The third kappa shape index (κ3) is 3.82. The molecular formula is C17H23N5O4. The predicted molar refractivity (Wildman–Crippen MR) is 91.5 cm³/mol. The zero-order valence-corrected chi connectivity index (χ0v) is 15.3. The number of fused-ring (bicyclic) bond motifs is 1. The van der Waals surface area contributed by atoms with Gasteiger partial charge in [0.15, 0.2) is 6.10 Å². The van der Waals surface area contributed by atoms with Crippen LogP contribution in [0.15, 0.2) is 6.33 Å². The molecule has 0 N–H and O–H groups in total. The molecule has 0 aliphatic carbocycles. The summed E-state index contributed by atoms with van der Waals surface area (Å²) in [6, 6.07) is 0. The second-order valence-electron chi connectivity index (χ2n) is 6.30. The lowest BCUT2D eigenvalue weighted by molar-refractivity contribution is -0.160. The van der Waals surface area contributed by atoms with Crippen molar-refractivity contribution in [2.45, 2.75) is 39.7 Å². The highest BCUT2D eigenvalue weighted by Gasteiger charge is 2.25. The number of carbonyl (C=O) groups is 2. The maximum absolute atomic E-state index is 12.3. The Labute approximate surface area is 151 Å². The Morgan fingerprint density at radius 2 is 2.04 bits per heavy atom. The summed E-state index contributed by atoms with van der Waals surface area (Å²) in [7, 11) is 0. The number of hydrogen-bond acceptors (Lipinski definition) is 7. The van der Waals surface area contributed by atoms with Crippen molar-refractivity contribution < 1.29 is 19.1 Å². The summed E-state index contributed by atoms with van der Waals surface area (Å²) in [5.74, 6) is -0.0487. The Morgan fingerprint density at radius 1 is 1.31 bits per heavy atom. The second-order valence-corrected chi connectivity index (χ2v) is 6.30. The quantitative estimate of drug-likeness (QED) is 0.714. The lowest BCUT2D eigenvalue weighted by Crippen LogP contribution is -2.46. The van der Waals surface area contributed by atoms with Crippen molar-refractivity contribution in [3.8, 4) is 0 Å². The molecule has 2 aromatic heterocycles. The van der Waals surface area contributed by atoms with Crippen LogP contribution < -0.4 is 0 Å². The number of esters is 1. The van der Waals surface area contributed by atoms with Crippen LogP contribution in [0.5, 0.6) is 0 Å². The number of aromatic nitrogens is 4. The fourth-order valence-electron chi connectivity index (χ4n) is 3.09. The molecule has 9 heteroatoms. The Morgan fingerprint density at radius 3 is 2.77 bits per heavy atom. The molecule has 1 saturated heterocycles. The Balaban J connectivity index is 1.58. The Hall–Kier alpha value is -2.55. The van der Waals surface area contributed by atoms with Crippen LogP contribution in [0, 0.1) is 13.8 Å². The van der Waals surface area contributed by atoms with Gasteiger partial charge in [-0.3, -0.25) is 9.59 Å². The molecule has 1 aliphatic heterocycles. The number of amides is 1. The fourth-order valence-corrected chi connectivity index (χ4v) is 3.09. The summed E-state index contributed by atoms with van der Waals surface area (Å²) in [5.41, 5.74) is 2.65. The number of nitrogens with zero attached hydrogens (tertiary/aromatic N) is 5. The van der Waals surface area contributed by atoms with Gasteiger partial charge in [0.2, 0.25) is 0 Å². The van der Waals surface area contributed by atoms with Crippen LogP contribution in [-0.4, -0.2) is 68.8 Å². The van der Waals surface area contributed by atoms with E-state index in [2.05, 4.69) is 15.1 Å². The van der Waals surface area contributed by atoms with Gasteiger partial charge in [0.05, 0.1) is 13.2 Å². The number of morpholine rings is 1. The first-order chi connectivity index (χ1) is 12.5. The van der Waals surface area contributed by atoms with Crippen molar-refractivity contribution in [1.29, 1.82) is 0 Å². The highest BCUT2D eigenvalue weighted by atomic mass is 16.5. The maximum atomic E-state index is 12.3. The van der Waals surface area contributed by atoms with E-state index in [4.69, 9.17) is 9.47 Å². The molecule has 2 aromatic rings. The molecule has 3 rings (SSSR count). The number of ether oxygens (including phenoxy) is 2. The Bertz CT molecular complexity index is 813. The highest BCUT2D eigenvalue weighted by molar-refractivity contribution is 5.83. The van der Waals surface area contributed by atoms with E-state index >= 15 is 0 Å². The van der Waals surface area contributed by atoms with Crippen LogP contribution in [-0.2, 0) is 25.5 Å². The van der Waals surface area contributed by atoms with E-state index in [1.807, 2.05) is 13.8 Å².